The normalized spacial score (nSPS) is 15.2. The first kappa shape index (κ1) is 20.2. The Morgan fingerprint density at radius 2 is 1.82 bits per heavy atom. The summed E-state index contributed by atoms with van der Waals surface area (Å²) in [5, 5.41) is 3.01. The van der Waals surface area contributed by atoms with E-state index in [0.29, 0.717) is 13.2 Å². The number of aryl methyl sites for hydroxylation is 1. The molecule has 0 bridgehead atoms. The maximum absolute atomic E-state index is 12.4. The Labute approximate surface area is 167 Å². The third-order valence-corrected chi connectivity index (χ3v) is 5.18. The summed E-state index contributed by atoms with van der Waals surface area (Å²) >= 11 is 0. The van der Waals surface area contributed by atoms with Crippen molar-refractivity contribution in [3.63, 3.8) is 0 Å². The van der Waals surface area contributed by atoms with Gasteiger partial charge >= 0.3 is 0 Å². The van der Waals surface area contributed by atoms with Crippen molar-refractivity contribution in [1.29, 1.82) is 0 Å². The van der Waals surface area contributed by atoms with Crippen molar-refractivity contribution in [3.05, 3.63) is 59.7 Å². The number of likely N-dealkylation sites (tertiary alicyclic amines) is 1. The van der Waals surface area contributed by atoms with E-state index in [1.54, 1.807) is 7.11 Å². The van der Waals surface area contributed by atoms with E-state index >= 15 is 0 Å². The smallest absolute Gasteiger partial charge is 0.223 e. The van der Waals surface area contributed by atoms with Crippen LogP contribution in [0.2, 0.25) is 0 Å². The highest BCUT2D eigenvalue weighted by Gasteiger charge is 2.24. The summed E-state index contributed by atoms with van der Waals surface area (Å²) in [5.74, 6) is 1.83. The SMILES string of the molecule is COc1ccc(OCCNC(=O)C2CCN(Cc3cccc(C)c3)CC2)cc1. The highest BCUT2D eigenvalue weighted by Crippen LogP contribution is 2.20. The average Bonchev–Trinajstić information content (AvgIpc) is 2.72. The molecule has 2 aromatic carbocycles. The third-order valence-electron chi connectivity index (χ3n) is 5.18. The minimum absolute atomic E-state index is 0.106. The summed E-state index contributed by atoms with van der Waals surface area (Å²) in [6, 6.07) is 16.1. The van der Waals surface area contributed by atoms with E-state index in [1.165, 1.54) is 11.1 Å². The molecule has 1 aliphatic heterocycles. The van der Waals surface area contributed by atoms with Gasteiger partial charge in [-0.1, -0.05) is 29.8 Å². The molecule has 1 amide bonds. The topological polar surface area (TPSA) is 50.8 Å². The molecular formula is C23H30N2O3. The van der Waals surface area contributed by atoms with Gasteiger partial charge in [0.25, 0.3) is 0 Å². The maximum atomic E-state index is 12.4. The van der Waals surface area contributed by atoms with E-state index < -0.39 is 0 Å². The Bertz CT molecular complexity index is 753. The predicted molar refractivity (Wildman–Crippen MR) is 111 cm³/mol. The van der Waals surface area contributed by atoms with Gasteiger partial charge in [0.2, 0.25) is 5.91 Å². The summed E-state index contributed by atoms with van der Waals surface area (Å²) in [5.41, 5.74) is 2.64. The molecule has 1 aliphatic rings. The highest BCUT2D eigenvalue weighted by molar-refractivity contribution is 5.78. The van der Waals surface area contributed by atoms with Gasteiger partial charge in [-0.3, -0.25) is 9.69 Å². The Balaban J connectivity index is 1.33. The van der Waals surface area contributed by atoms with Gasteiger partial charge in [0.05, 0.1) is 13.7 Å². The van der Waals surface area contributed by atoms with Crippen molar-refractivity contribution in [2.45, 2.75) is 26.3 Å². The Kier molecular flexibility index (Phi) is 7.31. The fourth-order valence-electron chi connectivity index (χ4n) is 3.58. The van der Waals surface area contributed by atoms with Crippen LogP contribution in [0.15, 0.2) is 48.5 Å². The Hall–Kier alpha value is -2.53. The molecule has 28 heavy (non-hydrogen) atoms. The van der Waals surface area contributed by atoms with Gasteiger partial charge < -0.3 is 14.8 Å². The zero-order chi connectivity index (χ0) is 19.8. The van der Waals surface area contributed by atoms with Crippen LogP contribution in [-0.4, -0.2) is 44.2 Å². The molecule has 1 N–H and O–H groups in total. The number of carbonyl (C=O) groups excluding carboxylic acids is 1. The van der Waals surface area contributed by atoms with Gasteiger partial charge in [-0.2, -0.15) is 0 Å². The number of carbonyl (C=O) groups is 1. The molecular weight excluding hydrogens is 352 g/mol. The highest BCUT2D eigenvalue weighted by atomic mass is 16.5. The van der Waals surface area contributed by atoms with Crippen LogP contribution in [0.1, 0.15) is 24.0 Å². The van der Waals surface area contributed by atoms with Crippen LogP contribution >= 0.6 is 0 Å². The molecule has 0 unspecified atom stereocenters. The second kappa shape index (κ2) is 10.1. The zero-order valence-electron chi connectivity index (χ0n) is 16.8. The average molecular weight is 383 g/mol. The first-order chi connectivity index (χ1) is 13.6. The number of nitrogens with zero attached hydrogens (tertiary/aromatic N) is 1. The van der Waals surface area contributed by atoms with Crippen LogP contribution < -0.4 is 14.8 Å². The molecule has 0 atom stereocenters. The van der Waals surface area contributed by atoms with Crippen LogP contribution in [-0.2, 0) is 11.3 Å². The number of hydrogen-bond donors (Lipinski definition) is 1. The summed E-state index contributed by atoms with van der Waals surface area (Å²) in [7, 11) is 1.64. The molecule has 0 saturated carbocycles. The van der Waals surface area contributed by atoms with Crippen molar-refractivity contribution >= 4 is 5.91 Å². The molecule has 5 nitrogen and oxygen atoms in total. The number of nitrogens with one attached hydrogen (secondary N) is 1. The van der Waals surface area contributed by atoms with Crippen molar-refractivity contribution in [2.75, 3.05) is 33.4 Å². The number of piperidine rings is 1. The number of hydrogen-bond acceptors (Lipinski definition) is 4. The third kappa shape index (κ3) is 5.99. The van der Waals surface area contributed by atoms with Crippen molar-refractivity contribution in [3.8, 4) is 11.5 Å². The number of ether oxygens (including phenoxy) is 2. The largest absolute Gasteiger partial charge is 0.497 e. The maximum Gasteiger partial charge on any atom is 0.223 e. The van der Waals surface area contributed by atoms with E-state index in [4.69, 9.17) is 9.47 Å². The van der Waals surface area contributed by atoms with Crippen LogP contribution in [0, 0.1) is 12.8 Å². The number of methoxy groups -OCH3 is 1. The second-order valence-electron chi connectivity index (χ2n) is 7.35. The van der Waals surface area contributed by atoms with Gasteiger partial charge in [-0.05, 0) is 62.7 Å². The lowest BCUT2D eigenvalue weighted by Crippen LogP contribution is -2.41. The first-order valence-electron chi connectivity index (χ1n) is 9.96. The summed E-state index contributed by atoms with van der Waals surface area (Å²) in [6.45, 7) is 6.01. The van der Waals surface area contributed by atoms with E-state index in [9.17, 15) is 4.79 Å². The minimum atomic E-state index is 0.106. The van der Waals surface area contributed by atoms with E-state index in [-0.39, 0.29) is 11.8 Å². The molecule has 0 radical (unpaired) electrons. The lowest BCUT2D eigenvalue weighted by molar-refractivity contribution is -0.126. The summed E-state index contributed by atoms with van der Waals surface area (Å²) < 4.78 is 10.8. The first-order valence-corrected chi connectivity index (χ1v) is 9.96. The molecule has 1 saturated heterocycles. The Morgan fingerprint density at radius 1 is 1.11 bits per heavy atom. The standard InChI is InChI=1S/C23H30N2O3/c1-18-4-3-5-19(16-18)17-25-13-10-20(11-14-25)23(26)24-12-15-28-22-8-6-21(27-2)7-9-22/h3-9,16,20H,10-15,17H2,1-2H3,(H,24,26). The predicted octanol–water partition coefficient (Wildman–Crippen LogP) is 3.41. The van der Waals surface area contributed by atoms with Crippen LogP contribution in [0.25, 0.3) is 0 Å². The van der Waals surface area contributed by atoms with Gasteiger partial charge in [0.1, 0.15) is 18.1 Å². The number of rotatable bonds is 8. The van der Waals surface area contributed by atoms with Crippen LogP contribution in [0.3, 0.4) is 0 Å². The molecule has 150 valence electrons. The minimum Gasteiger partial charge on any atom is -0.497 e. The fraction of sp³-hybridized carbons (Fsp3) is 0.435. The van der Waals surface area contributed by atoms with Gasteiger partial charge in [-0.25, -0.2) is 0 Å². The molecule has 5 heteroatoms. The number of amides is 1. The Morgan fingerprint density at radius 3 is 2.50 bits per heavy atom. The van der Waals surface area contributed by atoms with Gasteiger partial charge in [0, 0.05) is 12.5 Å². The van der Waals surface area contributed by atoms with Crippen molar-refractivity contribution in [1.82, 2.24) is 10.2 Å². The monoisotopic (exact) mass is 382 g/mol. The molecule has 3 rings (SSSR count). The van der Waals surface area contributed by atoms with Gasteiger partial charge in [0.15, 0.2) is 0 Å². The molecule has 0 aliphatic carbocycles. The zero-order valence-corrected chi connectivity index (χ0v) is 16.8. The van der Waals surface area contributed by atoms with Gasteiger partial charge in [-0.15, -0.1) is 0 Å². The molecule has 0 aromatic heterocycles. The second-order valence-corrected chi connectivity index (χ2v) is 7.35. The lowest BCUT2D eigenvalue weighted by atomic mass is 9.95. The molecule has 0 spiro atoms. The molecule has 1 heterocycles. The molecule has 2 aromatic rings. The summed E-state index contributed by atoms with van der Waals surface area (Å²) in [6.07, 6.45) is 1.83. The fourth-order valence-corrected chi connectivity index (χ4v) is 3.58. The lowest BCUT2D eigenvalue weighted by Gasteiger charge is -2.31. The number of benzene rings is 2. The van der Waals surface area contributed by atoms with E-state index in [1.807, 2.05) is 24.3 Å². The van der Waals surface area contributed by atoms with Crippen LogP contribution in [0.4, 0.5) is 0 Å². The quantitative estimate of drug-likeness (QED) is 0.711. The summed E-state index contributed by atoms with van der Waals surface area (Å²) in [4.78, 5) is 14.8. The van der Waals surface area contributed by atoms with Crippen molar-refractivity contribution < 1.29 is 14.3 Å². The van der Waals surface area contributed by atoms with Crippen molar-refractivity contribution in [2.24, 2.45) is 5.92 Å². The van der Waals surface area contributed by atoms with Crippen LogP contribution in [0.5, 0.6) is 11.5 Å². The van der Waals surface area contributed by atoms with E-state index in [0.717, 1.165) is 44.0 Å². The molecule has 1 fully saturated rings. The van der Waals surface area contributed by atoms with E-state index in [2.05, 4.69) is 41.4 Å².